The van der Waals surface area contributed by atoms with Crippen molar-refractivity contribution < 1.29 is 38.7 Å². The Morgan fingerprint density at radius 2 is 2.03 bits per heavy atom. The van der Waals surface area contributed by atoms with Crippen molar-refractivity contribution in [3.63, 3.8) is 0 Å². The molecule has 2 aromatic heterocycles. The maximum Gasteiger partial charge on any atom is 0.469 e. The third-order valence-corrected chi connectivity index (χ3v) is 5.92. The van der Waals surface area contributed by atoms with E-state index in [9.17, 15) is 24.9 Å². The normalized spacial score (nSPS) is 22.9. The fraction of sp³-hybridized carbons (Fsp3) is 0.353. The average molecular weight is 517 g/mol. The zero-order chi connectivity index (χ0) is 24.6. The second-order valence-electron chi connectivity index (χ2n) is 7.27. The van der Waals surface area contributed by atoms with Gasteiger partial charge in [0.1, 0.15) is 24.6 Å². The zero-order valence-corrected chi connectivity index (χ0v) is 18.7. The van der Waals surface area contributed by atoms with Crippen LogP contribution in [0.15, 0.2) is 30.9 Å². The Morgan fingerprint density at radius 1 is 1.26 bits per heavy atom. The number of aromatic nitrogens is 4. The first-order valence-corrected chi connectivity index (χ1v) is 11.5. The molecule has 17 heteroatoms. The number of aliphatic hydroxyl groups is 2. The monoisotopic (exact) mass is 516 g/mol. The Balaban J connectivity index is 1.55. The van der Waals surface area contributed by atoms with E-state index < -0.39 is 43.9 Å². The van der Waals surface area contributed by atoms with Gasteiger partial charge >= 0.3 is 7.82 Å². The van der Waals surface area contributed by atoms with Crippen molar-refractivity contribution in [2.75, 3.05) is 11.9 Å². The molecule has 4 rings (SSSR count). The van der Waals surface area contributed by atoms with Crippen LogP contribution in [-0.2, 0) is 20.4 Å². The number of nitro groups is 1. The lowest BCUT2D eigenvalue weighted by molar-refractivity contribution is -0.384. The van der Waals surface area contributed by atoms with Crippen molar-refractivity contribution in [3.05, 3.63) is 51.6 Å². The molecule has 0 spiro atoms. The predicted octanol–water partition coefficient (Wildman–Crippen LogP) is 0.728. The smallest absolute Gasteiger partial charge is 0.387 e. The lowest BCUT2D eigenvalue weighted by Gasteiger charge is -2.16. The molecule has 4 atom stereocenters. The van der Waals surface area contributed by atoms with Gasteiger partial charge < -0.3 is 30.1 Å². The number of nitrogens with zero attached hydrogens (tertiary/aromatic N) is 5. The summed E-state index contributed by atoms with van der Waals surface area (Å²) in [7, 11) is -4.80. The number of phosphoric ester groups is 1. The van der Waals surface area contributed by atoms with Crippen molar-refractivity contribution in [1.29, 1.82) is 0 Å². The summed E-state index contributed by atoms with van der Waals surface area (Å²) in [5.41, 5.74) is 0.814. The van der Waals surface area contributed by atoms with Crippen LogP contribution in [0.2, 0.25) is 5.02 Å². The van der Waals surface area contributed by atoms with Crippen LogP contribution in [0.3, 0.4) is 0 Å². The quantitative estimate of drug-likeness (QED) is 0.159. The summed E-state index contributed by atoms with van der Waals surface area (Å²) in [6.45, 7) is -0.570. The molecule has 0 aliphatic carbocycles. The molecule has 1 aromatic carbocycles. The van der Waals surface area contributed by atoms with Crippen LogP contribution in [0.1, 0.15) is 11.8 Å². The number of benzene rings is 1. The first-order valence-electron chi connectivity index (χ1n) is 9.61. The summed E-state index contributed by atoms with van der Waals surface area (Å²) in [4.78, 5) is 40.7. The van der Waals surface area contributed by atoms with Gasteiger partial charge in [-0.1, -0.05) is 11.6 Å². The second-order valence-corrected chi connectivity index (χ2v) is 8.91. The van der Waals surface area contributed by atoms with Gasteiger partial charge in [0.25, 0.3) is 5.69 Å². The van der Waals surface area contributed by atoms with Crippen LogP contribution in [0.5, 0.6) is 0 Å². The Morgan fingerprint density at radius 3 is 2.74 bits per heavy atom. The Labute approximate surface area is 195 Å². The van der Waals surface area contributed by atoms with Gasteiger partial charge in [0.05, 0.1) is 17.9 Å². The van der Waals surface area contributed by atoms with Crippen LogP contribution in [-0.4, -0.2) is 69.4 Å². The molecule has 0 bridgehead atoms. The highest BCUT2D eigenvalue weighted by atomic mass is 35.5. The first kappa shape index (κ1) is 24.4. The summed E-state index contributed by atoms with van der Waals surface area (Å²) >= 11 is 6.13. The van der Waals surface area contributed by atoms with Gasteiger partial charge in [0.15, 0.2) is 23.2 Å². The van der Waals surface area contributed by atoms with Crippen molar-refractivity contribution in [2.24, 2.45) is 0 Å². The fourth-order valence-corrected chi connectivity index (χ4v) is 3.95. The number of nitrogens with one attached hydrogen (secondary N) is 1. The summed E-state index contributed by atoms with van der Waals surface area (Å²) in [5.74, 6) is 0.265. The number of fused-ring (bicyclic) bond motifs is 1. The van der Waals surface area contributed by atoms with E-state index in [1.54, 1.807) is 0 Å². The van der Waals surface area contributed by atoms with E-state index in [4.69, 9.17) is 26.1 Å². The van der Waals surface area contributed by atoms with Gasteiger partial charge in [-0.15, -0.1) is 0 Å². The number of imidazole rings is 1. The lowest BCUT2D eigenvalue weighted by Crippen LogP contribution is -2.33. The second kappa shape index (κ2) is 9.48. The predicted molar refractivity (Wildman–Crippen MR) is 115 cm³/mol. The average Bonchev–Trinajstić information content (AvgIpc) is 3.32. The van der Waals surface area contributed by atoms with Gasteiger partial charge in [0.2, 0.25) is 0 Å². The molecule has 3 heterocycles. The molecular weight excluding hydrogens is 499 g/mol. The van der Waals surface area contributed by atoms with Crippen LogP contribution in [0, 0.1) is 10.1 Å². The van der Waals surface area contributed by atoms with Crippen LogP contribution >= 0.6 is 19.4 Å². The molecule has 15 nitrogen and oxygen atoms in total. The van der Waals surface area contributed by atoms with Crippen molar-refractivity contribution >= 4 is 42.1 Å². The van der Waals surface area contributed by atoms with Gasteiger partial charge in [0, 0.05) is 23.7 Å². The van der Waals surface area contributed by atoms with E-state index in [1.807, 2.05) is 0 Å². The molecule has 182 valence electrons. The minimum Gasteiger partial charge on any atom is -0.387 e. The number of halogens is 1. The van der Waals surface area contributed by atoms with Gasteiger partial charge in [-0.3, -0.25) is 19.2 Å². The molecule has 3 aromatic rings. The Kier molecular flexibility index (Phi) is 6.80. The molecule has 1 saturated heterocycles. The first-order chi connectivity index (χ1) is 16.0. The van der Waals surface area contributed by atoms with Crippen molar-refractivity contribution in [3.8, 4) is 0 Å². The maximum absolute atomic E-state index is 11.0. The number of phosphoric acid groups is 1. The van der Waals surface area contributed by atoms with Crippen LogP contribution in [0.4, 0.5) is 11.5 Å². The third-order valence-electron chi connectivity index (χ3n) is 5.06. The number of ether oxygens (including phenoxy) is 1. The number of hydrogen-bond acceptors (Lipinski definition) is 11. The molecule has 0 amide bonds. The van der Waals surface area contributed by atoms with Gasteiger partial charge in [-0.25, -0.2) is 19.5 Å². The molecule has 0 unspecified atom stereocenters. The number of non-ortho nitro benzene ring substituents is 1. The lowest BCUT2D eigenvalue weighted by atomic mass is 10.1. The van der Waals surface area contributed by atoms with Gasteiger partial charge in [-0.05, 0) is 11.6 Å². The number of aliphatic hydroxyl groups excluding tert-OH is 2. The van der Waals surface area contributed by atoms with E-state index >= 15 is 0 Å². The highest BCUT2D eigenvalue weighted by Gasteiger charge is 2.45. The molecule has 0 radical (unpaired) electrons. The Hall–Kier alpha value is -2.75. The number of hydrogen-bond donors (Lipinski definition) is 5. The van der Waals surface area contributed by atoms with Crippen molar-refractivity contribution in [2.45, 2.75) is 31.1 Å². The zero-order valence-electron chi connectivity index (χ0n) is 17.0. The SMILES string of the molecule is O=[N+]([O-])c1ccc(Cl)c(CNc2ncnc3c2ncn3[C@@H]2O[C@H](COP(=O)(O)O)[C@@H](O)[C@H]2O)c1. The highest BCUT2D eigenvalue weighted by molar-refractivity contribution is 7.46. The minimum atomic E-state index is -4.80. The highest BCUT2D eigenvalue weighted by Crippen LogP contribution is 2.39. The summed E-state index contributed by atoms with van der Waals surface area (Å²) < 4.78 is 22.2. The van der Waals surface area contributed by atoms with E-state index in [0.717, 1.165) is 0 Å². The minimum absolute atomic E-state index is 0.0859. The molecular formula is C17H18ClN6O9P. The number of anilines is 1. The molecule has 1 aliphatic heterocycles. The van der Waals surface area contributed by atoms with Gasteiger partial charge in [-0.2, -0.15) is 0 Å². The molecule has 0 saturated carbocycles. The number of nitro benzene ring substituents is 1. The summed E-state index contributed by atoms with van der Waals surface area (Å²) in [6, 6.07) is 4.03. The molecule has 5 N–H and O–H groups in total. The van der Waals surface area contributed by atoms with E-state index in [2.05, 4.69) is 24.8 Å². The fourth-order valence-electron chi connectivity index (χ4n) is 3.42. The molecule has 34 heavy (non-hydrogen) atoms. The van der Waals surface area contributed by atoms with E-state index in [0.29, 0.717) is 10.6 Å². The summed E-state index contributed by atoms with van der Waals surface area (Å²) in [5, 5.41) is 34.9. The maximum atomic E-state index is 11.0. The third kappa shape index (κ3) is 5.01. The molecule has 1 aliphatic rings. The van der Waals surface area contributed by atoms with Crippen molar-refractivity contribution in [1.82, 2.24) is 19.5 Å². The standard InChI is InChI=1S/C17H18ClN6O9P/c18-10-2-1-9(24(27)28)3-8(10)4-19-15-12-16(21-6-20-15)23(7-22-12)17-14(26)13(25)11(33-17)5-32-34(29,30)31/h1-3,6-7,11,13-14,17,25-26H,4-5H2,(H,19,20,21)(H2,29,30,31)/t11-,13-,14-,17-/m1/s1. The van der Waals surface area contributed by atoms with E-state index in [1.165, 1.54) is 35.4 Å². The topological polar surface area (TPSA) is 215 Å². The molecule has 1 fully saturated rings. The Bertz CT molecular complexity index is 1270. The van der Waals surface area contributed by atoms with Crippen LogP contribution < -0.4 is 5.32 Å². The largest absolute Gasteiger partial charge is 0.469 e. The van der Waals surface area contributed by atoms with Crippen LogP contribution in [0.25, 0.3) is 11.2 Å². The van der Waals surface area contributed by atoms with E-state index in [-0.39, 0.29) is 29.2 Å². The number of rotatable bonds is 8. The summed E-state index contributed by atoms with van der Waals surface area (Å²) in [6.07, 6.45) is -2.87.